The number of hydrazone groups is 1. The van der Waals surface area contributed by atoms with E-state index in [9.17, 15) is 4.79 Å². The van der Waals surface area contributed by atoms with Crippen LogP contribution in [-0.4, -0.2) is 31.9 Å². The van der Waals surface area contributed by atoms with Gasteiger partial charge in [0.2, 0.25) is 5.75 Å². The molecule has 6 heteroatoms. The van der Waals surface area contributed by atoms with Crippen molar-refractivity contribution in [1.29, 1.82) is 0 Å². The lowest BCUT2D eigenvalue weighted by Crippen LogP contribution is -2.18. The van der Waals surface area contributed by atoms with Gasteiger partial charge in [-0.25, -0.2) is 5.43 Å². The topological polar surface area (TPSA) is 69.2 Å². The Labute approximate surface area is 165 Å². The summed E-state index contributed by atoms with van der Waals surface area (Å²) in [4.78, 5) is 12.5. The minimum Gasteiger partial charge on any atom is -0.490 e. The molecule has 0 atom stereocenters. The molecule has 0 aromatic heterocycles. The summed E-state index contributed by atoms with van der Waals surface area (Å²) < 4.78 is 16.9. The Morgan fingerprint density at radius 1 is 0.964 bits per heavy atom. The number of benzene rings is 2. The summed E-state index contributed by atoms with van der Waals surface area (Å²) in [5, 5.41) is 3.95. The van der Waals surface area contributed by atoms with Gasteiger partial charge in [0.25, 0.3) is 5.91 Å². The maximum absolute atomic E-state index is 12.5. The minimum atomic E-state index is -0.366. The van der Waals surface area contributed by atoms with E-state index in [4.69, 9.17) is 14.2 Å². The van der Waals surface area contributed by atoms with E-state index in [2.05, 4.69) is 10.5 Å². The van der Waals surface area contributed by atoms with Gasteiger partial charge in [0.1, 0.15) is 0 Å². The molecule has 0 radical (unpaired) electrons. The molecular formula is C22H26N2O4. The van der Waals surface area contributed by atoms with E-state index in [1.807, 2.05) is 57.2 Å². The van der Waals surface area contributed by atoms with Crippen LogP contribution >= 0.6 is 0 Å². The van der Waals surface area contributed by atoms with Crippen LogP contribution in [0, 0.1) is 0 Å². The van der Waals surface area contributed by atoms with E-state index in [-0.39, 0.29) is 5.91 Å². The van der Waals surface area contributed by atoms with Crippen LogP contribution in [0.4, 0.5) is 0 Å². The molecule has 2 rings (SSSR count). The van der Waals surface area contributed by atoms with Crippen LogP contribution in [0.1, 0.15) is 36.7 Å². The highest BCUT2D eigenvalue weighted by Gasteiger charge is 2.18. The molecular weight excluding hydrogens is 356 g/mol. The molecule has 0 aliphatic carbocycles. The summed E-state index contributed by atoms with van der Waals surface area (Å²) >= 11 is 0. The van der Waals surface area contributed by atoms with Gasteiger partial charge in [-0.05, 0) is 44.5 Å². The summed E-state index contributed by atoms with van der Waals surface area (Å²) in [6.45, 7) is 6.96. The number of ether oxygens (including phenoxy) is 3. The molecule has 0 unspecified atom stereocenters. The number of nitrogens with one attached hydrogen (secondary N) is 1. The van der Waals surface area contributed by atoms with Gasteiger partial charge >= 0.3 is 0 Å². The molecule has 0 fully saturated rings. The maximum atomic E-state index is 12.5. The SMILES string of the molecule is CCOc1cc(C(=O)N/N=C/C=C/c2ccccc2)cc(OCC)c1OCC. The highest BCUT2D eigenvalue weighted by Crippen LogP contribution is 2.39. The summed E-state index contributed by atoms with van der Waals surface area (Å²) in [7, 11) is 0. The smallest absolute Gasteiger partial charge is 0.271 e. The average molecular weight is 382 g/mol. The summed E-state index contributed by atoms with van der Waals surface area (Å²) in [5.41, 5.74) is 3.93. The summed E-state index contributed by atoms with van der Waals surface area (Å²) in [5.74, 6) is 1.06. The number of carbonyl (C=O) groups is 1. The van der Waals surface area contributed by atoms with Crippen molar-refractivity contribution < 1.29 is 19.0 Å². The van der Waals surface area contributed by atoms with Crippen LogP contribution in [-0.2, 0) is 0 Å². The van der Waals surface area contributed by atoms with Crippen molar-refractivity contribution in [2.45, 2.75) is 20.8 Å². The first-order valence-electron chi connectivity index (χ1n) is 9.31. The van der Waals surface area contributed by atoms with E-state index in [0.717, 1.165) is 5.56 Å². The van der Waals surface area contributed by atoms with Gasteiger partial charge in [-0.3, -0.25) is 4.79 Å². The number of amides is 1. The first-order chi connectivity index (χ1) is 13.7. The minimum absolute atomic E-state index is 0.366. The van der Waals surface area contributed by atoms with Crippen LogP contribution < -0.4 is 19.6 Å². The summed E-state index contributed by atoms with van der Waals surface area (Å²) in [6.07, 6.45) is 5.17. The molecule has 0 aliphatic heterocycles. The lowest BCUT2D eigenvalue weighted by molar-refractivity contribution is 0.0954. The van der Waals surface area contributed by atoms with Crippen molar-refractivity contribution in [2.75, 3.05) is 19.8 Å². The number of hydrogen-bond donors (Lipinski definition) is 1. The maximum Gasteiger partial charge on any atom is 0.271 e. The zero-order valence-corrected chi connectivity index (χ0v) is 16.5. The largest absolute Gasteiger partial charge is 0.490 e. The fourth-order valence-electron chi connectivity index (χ4n) is 2.44. The van der Waals surface area contributed by atoms with Gasteiger partial charge in [0.05, 0.1) is 19.8 Å². The molecule has 2 aromatic carbocycles. The number of rotatable bonds is 10. The molecule has 0 bridgehead atoms. The zero-order valence-electron chi connectivity index (χ0n) is 16.5. The van der Waals surface area contributed by atoms with Crippen molar-refractivity contribution in [3.8, 4) is 17.2 Å². The van der Waals surface area contributed by atoms with Crippen LogP contribution in [0.15, 0.2) is 53.6 Å². The van der Waals surface area contributed by atoms with Gasteiger partial charge < -0.3 is 14.2 Å². The molecule has 0 saturated carbocycles. The molecule has 0 spiro atoms. The van der Waals surface area contributed by atoms with E-state index in [0.29, 0.717) is 42.6 Å². The summed E-state index contributed by atoms with van der Waals surface area (Å²) in [6, 6.07) is 13.1. The second-order valence-electron chi connectivity index (χ2n) is 5.59. The van der Waals surface area contributed by atoms with Crippen molar-refractivity contribution in [3.05, 3.63) is 59.7 Å². The van der Waals surface area contributed by atoms with E-state index in [1.54, 1.807) is 18.2 Å². The third kappa shape index (κ3) is 6.16. The second kappa shape index (κ2) is 11.4. The molecule has 1 amide bonds. The van der Waals surface area contributed by atoms with Crippen molar-refractivity contribution in [3.63, 3.8) is 0 Å². The fraction of sp³-hybridized carbons (Fsp3) is 0.273. The van der Waals surface area contributed by atoms with Gasteiger partial charge in [-0.15, -0.1) is 0 Å². The van der Waals surface area contributed by atoms with Gasteiger partial charge in [0, 0.05) is 11.8 Å². The lowest BCUT2D eigenvalue weighted by Gasteiger charge is -2.16. The van der Waals surface area contributed by atoms with Crippen LogP contribution in [0.3, 0.4) is 0 Å². The normalized spacial score (nSPS) is 11.0. The van der Waals surface area contributed by atoms with E-state index < -0.39 is 0 Å². The quantitative estimate of drug-likeness (QED) is 0.491. The van der Waals surface area contributed by atoms with Gasteiger partial charge in [-0.2, -0.15) is 5.10 Å². The molecule has 0 heterocycles. The number of allylic oxidation sites excluding steroid dienone is 1. The third-order valence-electron chi connectivity index (χ3n) is 3.59. The Kier molecular flexibility index (Phi) is 8.59. The third-order valence-corrected chi connectivity index (χ3v) is 3.59. The fourth-order valence-corrected chi connectivity index (χ4v) is 2.44. The Morgan fingerprint density at radius 3 is 2.14 bits per heavy atom. The Morgan fingerprint density at radius 2 is 1.57 bits per heavy atom. The first kappa shape index (κ1) is 21.0. The predicted molar refractivity (Wildman–Crippen MR) is 111 cm³/mol. The van der Waals surface area contributed by atoms with Crippen molar-refractivity contribution >= 4 is 18.2 Å². The van der Waals surface area contributed by atoms with Gasteiger partial charge in [0.15, 0.2) is 11.5 Å². The molecule has 2 aromatic rings. The van der Waals surface area contributed by atoms with Crippen LogP contribution in [0.25, 0.3) is 6.08 Å². The Balaban J connectivity index is 2.12. The van der Waals surface area contributed by atoms with E-state index in [1.165, 1.54) is 6.21 Å². The monoisotopic (exact) mass is 382 g/mol. The molecule has 148 valence electrons. The molecule has 6 nitrogen and oxygen atoms in total. The first-order valence-corrected chi connectivity index (χ1v) is 9.31. The highest BCUT2D eigenvalue weighted by atomic mass is 16.5. The predicted octanol–water partition coefficient (Wildman–Crippen LogP) is 4.31. The molecule has 1 N–H and O–H groups in total. The average Bonchev–Trinajstić information content (AvgIpc) is 2.71. The van der Waals surface area contributed by atoms with Crippen molar-refractivity contribution in [2.24, 2.45) is 5.10 Å². The van der Waals surface area contributed by atoms with E-state index >= 15 is 0 Å². The molecule has 0 saturated heterocycles. The van der Waals surface area contributed by atoms with Crippen molar-refractivity contribution in [1.82, 2.24) is 5.43 Å². The van der Waals surface area contributed by atoms with Gasteiger partial charge in [-0.1, -0.05) is 36.4 Å². The lowest BCUT2D eigenvalue weighted by atomic mass is 10.1. The second-order valence-corrected chi connectivity index (χ2v) is 5.59. The number of nitrogens with zero attached hydrogens (tertiary/aromatic N) is 1. The standard InChI is InChI=1S/C22H26N2O4/c1-4-26-19-15-18(16-20(27-5-2)21(19)28-6-3)22(25)24-23-14-10-13-17-11-8-7-9-12-17/h7-16H,4-6H2,1-3H3,(H,24,25)/b13-10+,23-14+. The van der Waals surface area contributed by atoms with Crippen LogP contribution in [0.5, 0.6) is 17.2 Å². The zero-order chi connectivity index (χ0) is 20.2. The molecule has 0 aliphatic rings. The van der Waals surface area contributed by atoms with Crippen LogP contribution in [0.2, 0.25) is 0 Å². The number of carbonyl (C=O) groups excluding carboxylic acids is 1. The number of hydrogen-bond acceptors (Lipinski definition) is 5. The molecule has 28 heavy (non-hydrogen) atoms. The Bertz CT molecular complexity index is 790. The highest BCUT2D eigenvalue weighted by molar-refractivity contribution is 5.96. The Hall–Kier alpha value is -3.28.